The molecule has 1 aromatic rings. The van der Waals surface area contributed by atoms with Crippen LogP contribution in [0, 0.1) is 0 Å². The number of rotatable bonds is 6. The maximum Gasteiger partial charge on any atom is 0.0348 e. The molecular formula is C20H33N3. The lowest BCUT2D eigenvalue weighted by molar-refractivity contribution is 0.104. The molecule has 1 atom stereocenters. The Balaban J connectivity index is 1.40. The molecule has 2 aliphatic heterocycles. The minimum atomic E-state index is 0.661. The summed E-state index contributed by atoms with van der Waals surface area (Å²) in [5.41, 5.74) is 1.51. The monoisotopic (exact) mass is 315 g/mol. The molecule has 23 heavy (non-hydrogen) atoms. The van der Waals surface area contributed by atoms with Gasteiger partial charge in [0, 0.05) is 38.3 Å². The molecule has 3 rings (SSSR count). The van der Waals surface area contributed by atoms with Crippen LogP contribution < -0.4 is 0 Å². The van der Waals surface area contributed by atoms with E-state index in [-0.39, 0.29) is 0 Å². The predicted octanol–water partition coefficient (Wildman–Crippen LogP) is 3.24. The molecule has 0 saturated carbocycles. The molecule has 2 aliphatic rings. The topological polar surface area (TPSA) is 9.72 Å². The highest BCUT2D eigenvalue weighted by atomic mass is 15.3. The molecule has 0 spiro atoms. The van der Waals surface area contributed by atoms with E-state index in [2.05, 4.69) is 58.9 Å². The molecule has 3 nitrogen and oxygen atoms in total. The van der Waals surface area contributed by atoms with Gasteiger partial charge in [-0.1, -0.05) is 30.3 Å². The number of hydrogen-bond donors (Lipinski definition) is 0. The summed E-state index contributed by atoms with van der Waals surface area (Å²) in [6.45, 7) is 13.4. The Morgan fingerprint density at radius 3 is 2.39 bits per heavy atom. The quantitative estimate of drug-likeness (QED) is 0.798. The lowest BCUT2D eigenvalue weighted by Crippen LogP contribution is -2.49. The van der Waals surface area contributed by atoms with E-state index in [4.69, 9.17) is 0 Å². The van der Waals surface area contributed by atoms with E-state index >= 15 is 0 Å². The van der Waals surface area contributed by atoms with Crippen LogP contribution in [0.3, 0.4) is 0 Å². The fraction of sp³-hybridized carbons (Fsp3) is 0.700. The first kappa shape index (κ1) is 16.9. The number of piperazine rings is 1. The van der Waals surface area contributed by atoms with E-state index in [9.17, 15) is 0 Å². The first-order chi connectivity index (χ1) is 11.2. The van der Waals surface area contributed by atoms with Crippen molar-refractivity contribution in [1.82, 2.24) is 14.7 Å². The molecule has 2 saturated heterocycles. The van der Waals surface area contributed by atoms with Gasteiger partial charge in [-0.05, 0) is 58.3 Å². The van der Waals surface area contributed by atoms with Gasteiger partial charge in [0.1, 0.15) is 0 Å². The summed E-state index contributed by atoms with van der Waals surface area (Å²) in [4.78, 5) is 7.97. The van der Waals surface area contributed by atoms with Crippen molar-refractivity contribution < 1.29 is 0 Å². The molecule has 0 amide bonds. The second-order valence-electron chi connectivity index (χ2n) is 7.43. The van der Waals surface area contributed by atoms with Crippen LogP contribution in [-0.4, -0.2) is 66.6 Å². The van der Waals surface area contributed by atoms with Gasteiger partial charge in [0.25, 0.3) is 0 Å². The fourth-order valence-electron chi connectivity index (χ4n) is 4.15. The third kappa shape index (κ3) is 4.56. The van der Waals surface area contributed by atoms with Crippen LogP contribution in [0.15, 0.2) is 30.3 Å². The molecule has 0 N–H and O–H groups in total. The molecule has 0 radical (unpaired) electrons. The maximum absolute atomic E-state index is 2.71. The van der Waals surface area contributed by atoms with Crippen LogP contribution >= 0.6 is 0 Å². The lowest BCUT2D eigenvalue weighted by atomic mass is 10.0. The second-order valence-corrected chi connectivity index (χ2v) is 7.43. The van der Waals surface area contributed by atoms with E-state index in [0.29, 0.717) is 12.1 Å². The first-order valence-electron chi connectivity index (χ1n) is 9.49. The van der Waals surface area contributed by atoms with Crippen LogP contribution in [0.4, 0.5) is 0 Å². The zero-order chi connectivity index (χ0) is 16.1. The number of hydrogen-bond acceptors (Lipinski definition) is 3. The Morgan fingerprint density at radius 1 is 0.957 bits per heavy atom. The van der Waals surface area contributed by atoms with Crippen molar-refractivity contribution in [3.05, 3.63) is 35.9 Å². The highest BCUT2D eigenvalue weighted by molar-refractivity contribution is 5.19. The summed E-state index contributed by atoms with van der Waals surface area (Å²) in [5.74, 6) is 0. The Kier molecular flexibility index (Phi) is 6.09. The number of benzene rings is 1. The molecule has 3 heteroatoms. The van der Waals surface area contributed by atoms with Crippen molar-refractivity contribution >= 4 is 0 Å². The highest BCUT2D eigenvalue weighted by Gasteiger charge is 2.25. The van der Waals surface area contributed by atoms with Crippen molar-refractivity contribution in [3.63, 3.8) is 0 Å². The third-order valence-electron chi connectivity index (χ3n) is 5.60. The lowest BCUT2D eigenvalue weighted by Gasteiger charge is -2.37. The normalized spacial score (nSPS) is 24.6. The van der Waals surface area contributed by atoms with Gasteiger partial charge >= 0.3 is 0 Å². The van der Waals surface area contributed by atoms with Crippen LogP contribution in [0.25, 0.3) is 0 Å². The summed E-state index contributed by atoms with van der Waals surface area (Å²) < 4.78 is 0. The largest absolute Gasteiger partial charge is 0.301 e. The highest BCUT2D eigenvalue weighted by Crippen LogP contribution is 2.31. The van der Waals surface area contributed by atoms with Crippen molar-refractivity contribution in [3.8, 4) is 0 Å². The Hall–Kier alpha value is -0.900. The van der Waals surface area contributed by atoms with E-state index < -0.39 is 0 Å². The third-order valence-corrected chi connectivity index (χ3v) is 5.60. The standard InChI is InChI=1S/C20H33N3/c1-18(2)22-16-14-21(15-17-22)11-7-13-23-12-6-10-20(23)19-8-4-3-5-9-19/h3-5,8-9,18,20H,6-7,10-17H2,1-2H3. The number of likely N-dealkylation sites (tertiary alicyclic amines) is 1. The van der Waals surface area contributed by atoms with E-state index in [1.54, 1.807) is 0 Å². The van der Waals surface area contributed by atoms with Gasteiger partial charge in [0.05, 0.1) is 0 Å². The van der Waals surface area contributed by atoms with Crippen LogP contribution in [0.1, 0.15) is 44.7 Å². The molecule has 128 valence electrons. The van der Waals surface area contributed by atoms with E-state index in [1.807, 2.05) is 0 Å². The maximum atomic E-state index is 2.71. The van der Waals surface area contributed by atoms with Gasteiger partial charge < -0.3 is 4.90 Å². The van der Waals surface area contributed by atoms with E-state index in [0.717, 1.165) is 0 Å². The zero-order valence-electron chi connectivity index (χ0n) is 15.0. The summed E-state index contributed by atoms with van der Waals surface area (Å²) in [6.07, 6.45) is 3.99. The summed E-state index contributed by atoms with van der Waals surface area (Å²) in [7, 11) is 0. The molecule has 0 aliphatic carbocycles. The van der Waals surface area contributed by atoms with Gasteiger partial charge in [0.15, 0.2) is 0 Å². The smallest absolute Gasteiger partial charge is 0.0348 e. The van der Waals surface area contributed by atoms with Crippen molar-refractivity contribution in [1.29, 1.82) is 0 Å². The Bertz CT molecular complexity index is 451. The van der Waals surface area contributed by atoms with Gasteiger partial charge in [-0.2, -0.15) is 0 Å². The van der Waals surface area contributed by atoms with Crippen molar-refractivity contribution in [2.45, 2.75) is 45.2 Å². The Morgan fingerprint density at radius 2 is 1.70 bits per heavy atom. The average Bonchev–Trinajstić information content (AvgIpc) is 3.05. The molecule has 0 bridgehead atoms. The average molecular weight is 316 g/mol. The second kappa shape index (κ2) is 8.27. The molecule has 1 unspecified atom stereocenters. The molecular weight excluding hydrogens is 282 g/mol. The summed E-state index contributed by atoms with van der Waals surface area (Å²) in [6, 6.07) is 12.4. The Labute approximate surface area is 142 Å². The van der Waals surface area contributed by atoms with E-state index in [1.165, 1.54) is 70.6 Å². The SMILES string of the molecule is CC(C)N1CCN(CCCN2CCCC2c2ccccc2)CC1. The van der Waals surface area contributed by atoms with Crippen molar-refractivity contribution in [2.75, 3.05) is 45.8 Å². The summed E-state index contributed by atoms with van der Waals surface area (Å²) in [5, 5.41) is 0. The number of nitrogens with zero attached hydrogens (tertiary/aromatic N) is 3. The molecule has 2 heterocycles. The molecule has 0 aromatic heterocycles. The summed E-state index contributed by atoms with van der Waals surface area (Å²) >= 11 is 0. The minimum absolute atomic E-state index is 0.661. The van der Waals surface area contributed by atoms with Gasteiger partial charge in [-0.15, -0.1) is 0 Å². The van der Waals surface area contributed by atoms with Gasteiger partial charge in [-0.3, -0.25) is 9.80 Å². The van der Waals surface area contributed by atoms with Crippen LogP contribution in [0.2, 0.25) is 0 Å². The van der Waals surface area contributed by atoms with Crippen LogP contribution in [0.5, 0.6) is 0 Å². The van der Waals surface area contributed by atoms with Crippen molar-refractivity contribution in [2.24, 2.45) is 0 Å². The van der Waals surface area contributed by atoms with Gasteiger partial charge in [0.2, 0.25) is 0 Å². The van der Waals surface area contributed by atoms with Crippen LogP contribution in [-0.2, 0) is 0 Å². The van der Waals surface area contributed by atoms with Gasteiger partial charge in [-0.25, -0.2) is 0 Å². The molecule has 2 fully saturated rings. The predicted molar refractivity (Wildman–Crippen MR) is 97.8 cm³/mol. The molecule has 1 aromatic carbocycles. The zero-order valence-corrected chi connectivity index (χ0v) is 15.0. The fourth-order valence-corrected chi connectivity index (χ4v) is 4.15. The first-order valence-corrected chi connectivity index (χ1v) is 9.49. The minimum Gasteiger partial charge on any atom is -0.301 e.